The number of halogens is 2. The van der Waals surface area contributed by atoms with Gasteiger partial charge in [0, 0.05) is 13.2 Å². The van der Waals surface area contributed by atoms with Crippen molar-refractivity contribution >= 4 is 5.91 Å². The van der Waals surface area contributed by atoms with E-state index >= 15 is 0 Å². The monoisotopic (exact) mass is 269 g/mol. The van der Waals surface area contributed by atoms with Crippen molar-refractivity contribution in [3.63, 3.8) is 0 Å². The maximum Gasteiger partial charge on any atom is 0.333 e. The molecule has 2 aromatic heterocycles. The molecule has 19 heavy (non-hydrogen) atoms. The average Bonchev–Trinajstić information content (AvgIpc) is 2.93. The number of hydrogen-bond acceptors (Lipinski definition) is 3. The van der Waals surface area contributed by atoms with Crippen molar-refractivity contribution in [2.75, 3.05) is 0 Å². The number of nitrogens with one attached hydrogen (secondary N) is 1. The third-order valence-corrected chi connectivity index (χ3v) is 2.62. The van der Waals surface area contributed by atoms with Crippen LogP contribution in [0.2, 0.25) is 0 Å². The molecule has 0 aliphatic heterocycles. The van der Waals surface area contributed by atoms with Crippen LogP contribution in [-0.4, -0.2) is 25.5 Å². The molecule has 2 heterocycles. The summed E-state index contributed by atoms with van der Waals surface area (Å²) in [6.45, 7) is -0.795. The summed E-state index contributed by atoms with van der Waals surface area (Å²) in [4.78, 5) is 11.8. The van der Waals surface area contributed by atoms with Crippen LogP contribution in [0.25, 0.3) is 0 Å². The summed E-state index contributed by atoms with van der Waals surface area (Å²) in [5.74, 6) is -0.600. The van der Waals surface area contributed by atoms with E-state index in [2.05, 4.69) is 15.5 Å². The summed E-state index contributed by atoms with van der Waals surface area (Å²) in [6, 6.07) is 3.06. The first-order valence-electron chi connectivity index (χ1n) is 5.58. The Kier molecular flexibility index (Phi) is 3.59. The highest BCUT2D eigenvalue weighted by atomic mass is 19.3. The minimum atomic E-state index is -2.84. The molecule has 0 aliphatic carbocycles. The topological polar surface area (TPSA) is 64.7 Å². The number of aromatic nitrogens is 4. The van der Waals surface area contributed by atoms with E-state index in [1.54, 1.807) is 11.7 Å². The molecule has 0 saturated heterocycles. The minimum Gasteiger partial charge on any atom is -0.345 e. The van der Waals surface area contributed by atoms with Gasteiger partial charge in [0.1, 0.15) is 5.69 Å². The number of rotatable bonds is 4. The molecule has 2 aromatic rings. The zero-order valence-electron chi connectivity index (χ0n) is 10.5. The largest absolute Gasteiger partial charge is 0.345 e. The van der Waals surface area contributed by atoms with Gasteiger partial charge in [-0.05, 0) is 19.1 Å². The molecule has 0 aliphatic rings. The van der Waals surface area contributed by atoms with E-state index in [-0.39, 0.29) is 12.2 Å². The summed E-state index contributed by atoms with van der Waals surface area (Å²) < 4.78 is 27.1. The van der Waals surface area contributed by atoms with Crippen molar-refractivity contribution < 1.29 is 13.6 Å². The number of alkyl halides is 2. The molecule has 0 fully saturated rings. The summed E-state index contributed by atoms with van der Waals surface area (Å²) in [5, 5.41) is 10.1. The second-order valence-corrected chi connectivity index (χ2v) is 4.02. The first-order valence-corrected chi connectivity index (χ1v) is 5.58. The van der Waals surface area contributed by atoms with E-state index in [1.165, 1.54) is 6.07 Å². The molecular formula is C11H13F2N5O. The van der Waals surface area contributed by atoms with E-state index < -0.39 is 12.5 Å². The van der Waals surface area contributed by atoms with Crippen LogP contribution in [0.1, 0.15) is 28.4 Å². The number of nitrogens with zero attached hydrogens (tertiary/aromatic N) is 4. The number of hydrogen-bond donors (Lipinski definition) is 1. The van der Waals surface area contributed by atoms with Crippen LogP contribution in [0.3, 0.4) is 0 Å². The van der Waals surface area contributed by atoms with Crippen LogP contribution in [0.5, 0.6) is 0 Å². The molecule has 0 radical (unpaired) electrons. The van der Waals surface area contributed by atoms with E-state index in [4.69, 9.17) is 0 Å². The normalized spacial score (nSPS) is 11.0. The maximum atomic E-state index is 12.6. The molecule has 0 atom stereocenters. The van der Waals surface area contributed by atoms with Gasteiger partial charge in [0.2, 0.25) is 0 Å². The Balaban J connectivity index is 2.05. The Morgan fingerprint density at radius 1 is 1.53 bits per heavy atom. The lowest BCUT2D eigenvalue weighted by atomic mass is 10.3. The molecule has 0 spiro atoms. The maximum absolute atomic E-state index is 12.6. The van der Waals surface area contributed by atoms with E-state index in [9.17, 15) is 13.6 Å². The van der Waals surface area contributed by atoms with Crippen LogP contribution < -0.4 is 5.32 Å². The van der Waals surface area contributed by atoms with Crippen LogP contribution in [-0.2, 0) is 13.6 Å². The molecule has 2 rings (SSSR count). The molecule has 6 nitrogen and oxygen atoms in total. The summed E-state index contributed by atoms with van der Waals surface area (Å²) in [5.41, 5.74) is 1.44. The first kappa shape index (κ1) is 13.2. The molecular weight excluding hydrogens is 256 g/mol. The van der Waals surface area contributed by atoms with Gasteiger partial charge < -0.3 is 5.32 Å². The highest BCUT2D eigenvalue weighted by Crippen LogP contribution is 2.12. The van der Waals surface area contributed by atoms with E-state index in [1.807, 2.05) is 13.0 Å². The van der Waals surface area contributed by atoms with Gasteiger partial charge in [-0.3, -0.25) is 9.48 Å². The van der Waals surface area contributed by atoms with Crippen molar-refractivity contribution in [2.45, 2.75) is 20.0 Å². The fraction of sp³-hybridized carbons (Fsp3) is 0.364. The Morgan fingerprint density at radius 3 is 2.84 bits per heavy atom. The molecule has 102 valence electrons. The zero-order valence-corrected chi connectivity index (χ0v) is 10.5. The Morgan fingerprint density at radius 2 is 2.26 bits per heavy atom. The number of amides is 1. The Labute approximate surface area is 108 Å². The van der Waals surface area contributed by atoms with Crippen LogP contribution in [0.4, 0.5) is 8.78 Å². The SMILES string of the molecule is Cc1cc(CNC(=O)c2ccnn2C(F)F)n(C)n1. The van der Waals surface area contributed by atoms with Crippen molar-refractivity contribution in [1.29, 1.82) is 0 Å². The Bertz CT molecular complexity index is 590. The third kappa shape index (κ3) is 2.78. The van der Waals surface area contributed by atoms with Crippen molar-refractivity contribution in [1.82, 2.24) is 24.9 Å². The summed E-state index contributed by atoms with van der Waals surface area (Å²) in [6.07, 6.45) is 1.16. The van der Waals surface area contributed by atoms with Gasteiger partial charge in [0.15, 0.2) is 0 Å². The van der Waals surface area contributed by atoms with Gasteiger partial charge in [-0.1, -0.05) is 0 Å². The van der Waals surface area contributed by atoms with Crippen LogP contribution in [0, 0.1) is 6.92 Å². The van der Waals surface area contributed by atoms with Gasteiger partial charge in [0.05, 0.1) is 17.9 Å². The molecule has 8 heteroatoms. The number of carbonyl (C=O) groups excluding carboxylic acids is 1. The highest BCUT2D eigenvalue weighted by Gasteiger charge is 2.17. The molecule has 0 unspecified atom stereocenters. The van der Waals surface area contributed by atoms with Gasteiger partial charge in [-0.15, -0.1) is 0 Å². The predicted molar refractivity (Wildman–Crippen MR) is 62.6 cm³/mol. The van der Waals surface area contributed by atoms with Gasteiger partial charge in [0.25, 0.3) is 5.91 Å². The minimum absolute atomic E-state index is 0.172. The highest BCUT2D eigenvalue weighted by molar-refractivity contribution is 5.92. The number of aryl methyl sites for hydroxylation is 2. The smallest absolute Gasteiger partial charge is 0.333 e. The summed E-state index contributed by atoms with van der Waals surface area (Å²) >= 11 is 0. The van der Waals surface area contributed by atoms with Gasteiger partial charge >= 0.3 is 6.55 Å². The molecule has 0 aromatic carbocycles. The fourth-order valence-corrected chi connectivity index (χ4v) is 1.74. The molecule has 0 saturated carbocycles. The van der Waals surface area contributed by atoms with Gasteiger partial charge in [-0.2, -0.15) is 23.7 Å². The van der Waals surface area contributed by atoms with Crippen molar-refractivity contribution in [2.24, 2.45) is 7.05 Å². The Hall–Kier alpha value is -2.25. The lowest BCUT2D eigenvalue weighted by Gasteiger charge is -2.07. The second-order valence-electron chi connectivity index (χ2n) is 4.02. The van der Waals surface area contributed by atoms with Crippen LogP contribution >= 0.6 is 0 Å². The summed E-state index contributed by atoms with van der Waals surface area (Å²) in [7, 11) is 1.75. The predicted octanol–water partition coefficient (Wildman–Crippen LogP) is 1.25. The quantitative estimate of drug-likeness (QED) is 0.908. The lowest BCUT2D eigenvalue weighted by Crippen LogP contribution is -2.27. The average molecular weight is 269 g/mol. The number of carbonyl (C=O) groups is 1. The van der Waals surface area contributed by atoms with Crippen LogP contribution in [0.15, 0.2) is 18.3 Å². The van der Waals surface area contributed by atoms with Crippen molar-refractivity contribution in [3.05, 3.63) is 35.4 Å². The molecule has 1 N–H and O–H groups in total. The molecule has 0 bridgehead atoms. The molecule has 1 amide bonds. The fourth-order valence-electron chi connectivity index (χ4n) is 1.74. The van der Waals surface area contributed by atoms with Gasteiger partial charge in [-0.25, -0.2) is 0 Å². The third-order valence-electron chi connectivity index (χ3n) is 2.62. The van der Waals surface area contributed by atoms with Crippen molar-refractivity contribution in [3.8, 4) is 0 Å². The van der Waals surface area contributed by atoms with E-state index in [0.717, 1.165) is 17.6 Å². The lowest BCUT2D eigenvalue weighted by molar-refractivity contribution is 0.0509. The van der Waals surface area contributed by atoms with E-state index in [0.29, 0.717) is 4.68 Å². The standard InChI is InChI=1S/C11H13F2N5O/c1-7-5-8(17(2)16-7)6-14-10(19)9-3-4-15-18(9)11(12)13/h3-5,11H,6H2,1-2H3,(H,14,19). The second kappa shape index (κ2) is 5.17. The first-order chi connectivity index (χ1) is 8.99. The zero-order chi connectivity index (χ0) is 14.0.